The molecule has 2 saturated heterocycles. The van der Waals surface area contributed by atoms with Gasteiger partial charge in [0.25, 0.3) is 0 Å². The molecule has 4 unspecified atom stereocenters. The van der Waals surface area contributed by atoms with Crippen molar-refractivity contribution in [2.24, 2.45) is 34.5 Å². The zero-order valence-corrected chi connectivity index (χ0v) is 16.3. The van der Waals surface area contributed by atoms with Crippen molar-refractivity contribution < 1.29 is 9.53 Å². The van der Waals surface area contributed by atoms with E-state index < -0.39 is 0 Å². The Hall–Kier alpha value is -0.830. The highest BCUT2D eigenvalue weighted by molar-refractivity contribution is 5.79. The number of nitrogens with zero attached hydrogens (tertiary/aromatic N) is 1. The number of carbonyl (C=O) groups is 1. The Kier molecular flexibility index (Phi) is 3.21. The van der Waals surface area contributed by atoms with Crippen LogP contribution < -0.4 is 0 Å². The molecule has 2 saturated carbocycles. The number of allylic oxidation sites excluding steroid dienone is 2. The molecule has 0 aromatic rings. The minimum absolute atomic E-state index is 0.174. The summed E-state index contributed by atoms with van der Waals surface area (Å²) in [5, 5.41) is 0. The third kappa shape index (κ3) is 1.99. The molecule has 3 nitrogen and oxygen atoms in total. The van der Waals surface area contributed by atoms with Crippen LogP contribution >= 0.6 is 0 Å². The summed E-state index contributed by atoms with van der Waals surface area (Å²) in [6.45, 7) is 8.36. The van der Waals surface area contributed by atoms with Crippen molar-refractivity contribution in [3.63, 3.8) is 0 Å². The fraction of sp³-hybridized carbons (Fsp3) is 0.864. The number of amides is 1. The first-order chi connectivity index (χ1) is 11.8. The molecule has 0 bridgehead atoms. The van der Waals surface area contributed by atoms with E-state index in [0.29, 0.717) is 11.3 Å². The topological polar surface area (TPSA) is 32.8 Å². The molecule has 0 aromatic heterocycles. The fourth-order valence-corrected chi connectivity index (χ4v) is 7.90. The molecule has 5 rings (SSSR count). The smallest absolute Gasteiger partial charge is 0.226 e. The Morgan fingerprint density at radius 1 is 1.12 bits per heavy atom. The van der Waals surface area contributed by atoms with E-state index in [1.54, 1.807) is 0 Å². The highest BCUT2D eigenvalue weighted by Gasteiger charge is 2.64. The van der Waals surface area contributed by atoms with E-state index in [1.165, 1.54) is 37.8 Å². The fourth-order valence-electron chi connectivity index (χ4n) is 7.90. The number of fused-ring (bicyclic) bond motifs is 5. The largest absolute Gasteiger partial charge is 0.370 e. The van der Waals surface area contributed by atoms with E-state index in [4.69, 9.17) is 4.74 Å². The molecule has 2 aliphatic heterocycles. The molecular formula is C22H33NO2. The van der Waals surface area contributed by atoms with Gasteiger partial charge >= 0.3 is 0 Å². The molecule has 25 heavy (non-hydrogen) atoms. The summed E-state index contributed by atoms with van der Waals surface area (Å²) in [6.07, 6.45) is 10.8. The average Bonchev–Trinajstić information content (AvgIpc) is 3.20. The van der Waals surface area contributed by atoms with Crippen LogP contribution in [-0.2, 0) is 9.53 Å². The Bertz CT molecular complexity index is 650. The van der Waals surface area contributed by atoms with Crippen LogP contribution in [0.25, 0.3) is 0 Å². The monoisotopic (exact) mass is 343 g/mol. The standard InChI is InChI=1S/C22H33NO2/c1-20-11-9-16-14(15(20)6-7-17(20)22(3)13-25-22)5-8-18-21(16,2)12-10-19(24)23(18)4/h8,14-17H,5-7,9-13H2,1-4H3/t14?,15?,16?,17-,20-,21+,22?/m0/s1. The quantitative estimate of drug-likeness (QED) is 0.662. The predicted molar refractivity (Wildman–Crippen MR) is 97.7 cm³/mol. The van der Waals surface area contributed by atoms with Gasteiger partial charge < -0.3 is 9.64 Å². The van der Waals surface area contributed by atoms with E-state index in [1.807, 2.05) is 11.9 Å². The third-order valence-corrected chi connectivity index (χ3v) is 9.35. The molecule has 0 N–H and O–H groups in total. The van der Waals surface area contributed by atoms with Crippen LogP contribution in [0.15, 0.2) is 11.8 Å². The minimum Gasteiger partial charge on any atom is -0.370 e. The van der Waals surface area contributed by atoms with Crippen LogP contribution in [0.3, 0.4) is 0 Å². The van der Waals surface area contributed by atoms with E-state index in [9.17, 15) is 4.79 Å². The molecular weight excluding hydrogens is 310 g/mol. The van der Waals surface area contributed by atoms with Crippen molar-refractivity contribution in [1.29, 1.82) is 0 Å². The van der Waals surface area contributed by atoms with E-state index >= 15 is 0 Å². The summed E-state index contributed by atoms with van der Waals surface area (Å²) in [5.74, 6) is 3.46. The van der Waals surface area contributed by atoms with Crippen molar-refractivity contribution in [2.45, 2.75) is 71.3 Å². The van der Waals surface area contributed by atoms with E-state index in [-0.39, 0.29) is 11.0 Å². The van der Waals surface area contributed by atoms with Gasteiger partial charge in [0.1, 0.15) is 0 Å². The van der Waals surface area contributed by atoms with Gasteiger partial charge in [-0.05, 0) is 74.5 Å². The second-order valence-electron chi connectivity index (χ2n) is 10.3. The highest BCUT2D eigenvalue weighted by atomic mass is 16.6. The molecule has 2 heterocycles. The lowest BCUT2D eigenvalue weighted by molar-refractivity contribution is -0.136. The summed E-state index contributed by atoms with van der Waals surface area (Å²) >= 11 is 0. The van der Waals surface area contributed by atoms with Crippen molar-refractivity contribution in [3.05, 3.63) is 11.8 Å². The zero-order valence-electron chi connectivity index (χ0n) is 16.3. The SMILES string of the molecule is CN1C(=O)CC[C@@]2(C)C1=CCC1C2CC[C@@]2(C)C1CC[C@@H]2C1(C)CO1. The summed E-state index contributed by atoms with van der Waals surface area (Å²) in [4.78, 5) is 14.2. The van der Waals surface area contributed by atoms with Crippen molar-refractivity contribution >= 4 is 5.91 Å². The lowest BCUT2D eigenvalue weighted by Gasteiger charge is -2.58. The first-order valence-corrected chi connectivity index (χ1v) is 10.4. The lowest BCUT2D eigenvalue weighted by atomic mass is 9.48. The average molecular weight is 344 g/mol. The van der Waals surface area contributed by atoms with Gasteiger partial charge in [-0.1, -0.05) is 19.9 Å². The Labute approximate surface area is 152 Å². The molecule has 3 aliphatic carbocycles. The maximum Gasteiger partial charge on any atom is 0.226 e. The maximum atomic E-state index is 12.2. The molecule has 4 fully saturated rings. The summed E-state index contributed by atoms with van der Waals surface area (Å²) in [5.41, 5.74) is 2.18. The summed E-state index contributed by atoms with van der Waals surface area (Å²) in [7, 11) is 2.00. The first kappa shape index (κ1) is 16.4. The third-order valence-electron chi connectivity index (χ3n) is 9.35. The number of rotatable bonds is 1. The number of epoxide rings is 1. The minimum atomic E-state index is 0.174. The summed E-state index contributed by atoms with van der Waals surface area (Å²) < 4.78 is 5.91. The van der Waals surface area contributed by atoms with Crippen LogP contribution in [0, 0.1) is 34.5 Å². The van der Waals surface area contributed by atoms with Crippen molar-refractivity contribution in [3.8, 4) is 0 Å². The molecule has 0 aromatic carbocycles. The van der Waals surface area contributed by atoms with Gasteiger partial charge in [0, 0.05) is 24.6 Å². The van der Waals surface area contributed by atoms with Gasteiger partial charge in [0.2, 0.25) is 5.91 Å². The molecule has 5 aliphatic rings. The number of piperidine rings is 1. The molecule has 0 radical (unpaired) electrons. The second kappa shape index (κ2) is 4.91. The highest BCUT2D eigenvalue weighted by Crippen LogP contribution is 2.68. The maximum absolute atomic E-state index is 12.2. The number of hydrogen-bond donors (Lipinski definition) is 0. The Morgan fingerprint density at radius 2 is 1.88 bits per heavy atom. The van der Waals surface area contributed by atoms with Crippen LogP contribution in [0.2, 0.25) is 0 Å². The normalized spacial score (nSPS) is 54.5. The van der Waals surface area contributed by atoms with Gasteiger partial charge in [-0.2, -0.15) is 0 Å². The van der Waals surface area contributed by atoms with Gasteiger partial charge in [0.15, 0.2) is 0 Å². The number of ether oxygens (including phenoxy) is 1. The molecule has 0 spiro atoms. The van der Waals surface area contributed by atoms with E-state index in [2.05, 4.69) is 26.8 Å². The molecule has 138 valence electrons. The second-order valence-corrected chi connectivity index (χ2v) is 10.3. The van der Waals surface area contributed by atoms with Crippen molar-refractivity contribution in [1.82, 2.24) is 4.90 Å². The summed E-state index contributed by atoms with van der Waals surface area (Å²) in [6, 6.07) is 0. The first-order valence-electron chi connectivity index (χ1n) is 10.4. The van der Waals surface area contributed by atoms with Gasteiger partial charge in [-0.15, -0.1) is 0 Å². The van der Waals surface area contributed by atoms with Gasteiger partial charge in [0.05, 0.1) is 12.2 Å². The van der Waals surface area contributed by atoms with Crippen LogP contribution in [-0.4, -0.2) is 30.1 Å². The molecule has 1 amide bonds. The van der Waals surface area contributed by atoms with Crippen LogP contribution in [0.5, 0.6) is 0 Å². The van der Waals surface area contributed by atoms with Gasteiger partial charge in [-0.3, -0.25) is 4.79 Å². The Balaban J connectivity index is 1.49. The van der Waals surface area contributed by atoms with Crippen LogP contribution in [0.1, 0.15) is 65.7 Å². The predicted octanol–water partition coefficient (Wildman–Crippen LogP) is 4.38. The number of carbonyl (C=O) groups excluding carboxylic acids is 1. The van der Waals surface area contributed by atoms with E-state index in [0.717, 1.165) is 43.1 Å². The lowest BCUT2D eigenvalue weighted by Crippen LogP contribution is -2.54. The molecule has 3 heteroatoms. The molecule has 7 atom stereocenters. The van der Waals surface area contributed by atoms with Crippen molar-refractivity contribution in [2.75, 3.05) is 13.7 Å². The Morgan fingerprint density at radius 3 is 2.60 bits per heavy atom. The number of likely N-dealkylation sites (tertiary alicyclic amines) is 1. The van der Waals surface area contributed by atoms with Crippen LogP contribution in [0.4, 0.5) is 0 Å². The van der Waals surface area contributed by atoms with Gasteiger partial charge in [-0.25, -0.2) is 0 Å². The number of hydrogen-bond acceptors (Lipinski definition) is 2. The zero-order chi connectivity index (χ0) is 17.6.